The maximum atomic E-state index is 11.2. The van der Waals surface area contributed by atoms with Crippen molar-refractivity contribution in [2.24, 2.45) is 0 Å². The quantitative estimate of drug-likeness (QED) is 0.678. The van der Waals surface area contributed by atoms with Gasteiger partial charge in [-0.1, -0.05) is 12.1 Å². The van der Waals surface area contributed by atoms with Gasteiger partial charge in [0.25, 0.3) is 0 Å². The molecule has 0 radical (unpaired) electrons. The fourth-order valence-corrected chi connectivity index (χ4v) is 2.29. The van der Waals surface area contributed by atoms with Gasteiger partial charge in [-0.2, -0.15) is 0 Å². The first kappa shape index (κ1) is 13.7. The molecule has 1 aliphatic rings. The standard InChI is InChI=1S/C14H15N3O4/c18-17(19)13-8-16-12-4-2-1-3-11(12)14(13)21-9-10-7-15-5-6-20-10/h1-4,8,10,15H,5-7,9H2. The number of ether oxygens (including phenoxy) is 2. The zero-order valence-corrected chi connectivity index (χ0v) is 11.3. The third kappa shape index (κ3) is 2.93. The van der Waals surface area contributed by atoms with E-state index >= 15 is 0 Å². The first-order chi connectivity index (χ1) is 10.3. The molecule has 7 heteroatoms. The van der Waals surface area contributed by atoms with Crippen LogP contribution in [0.1, 0.15) is 0 Å². The van der Waals surface area contributed by atoms with Crippen molar-refractivity contribution in [3.8, 4) is 5.75 Å². The number of benzene rings is 1. The lowest BCUT2D eigenvalue weighted by Gasteiger charge is -2.23. The molecule has 3 rings (SSSR count). The predicted octanol–water partition coefficient (Wildman–Crippen LogP) is 1.51. The van der Waals surface area contributed by atoms with Crippen molar-refractivity contribution in [1.29, 1.82) is 0 Å². The van der Waals surface area contributed by atoms with E-state index in [-0.39, 0.29) is 24.1 Å². The molecule has 1 aliphatic heterocycles. The molecule has 110 valence electrons. The first-order valence-electron chi connectivity index (χ1n) is 6.73. The van der Waals surface area contributed by atoms with Crippen LogP contribution in [0.4, 0.5) is 5.69 Å². The van der Waals surface area contributed by atoms with Gasteiger partial charge in [-0.15, -0.1) is 0 Å². The molecule has 2 heterocycles. The van der Waals surface area contributed by atoms with Crippen LogP contribution >= 0.6 is 0 Å². The molecule has 1 aromatic heterocycles. The van der Waals surface area contributed by atoms with Crippen LogP contribution in [-0.4, -0.2) is 42.3 Å². The normalized spacial score (nSPS) is 18.6. The summed E-state index contributed by atoms with van der Waals surface area (Å²) in [4.78, 5) is 14.8. The van der Waals surface area contributed by atoms with E-state index in [1.54, 1.807) is 18.2 Å². The van der Waals surface area contributed by atoms with Crippen molar-refractivity contribution in [2.45, 2.75) is 6.10 Å². The van der Waals surface area contributed by atoms with Gasteiger partial charge in [0.1, 0.15) is 18.9 Å². The van der Waals surface area contributed by atoms with Gasteiger partial charge in [0, 0.05) is 18.5 Å². The van der Waals surface area contributed by atoms with E-state index in [2.05, 4.69) is 10.3 Å². The minimum absolute atomic E-state index is 0.106. The van der Waals surface area contributed by atoms with E-state index in [9.17, 15) is 10.1 Å². The molecule has 0 saturated carbocycles. The molecule has 7 nitrogen and oxygen atoms in total. The van der Waals surface area contributed by atoms with Gasteiger partial charge >= 0.3 is 5.69 Å². The minimum Gasteiger partial charge on any atom is -0.483 e. The number of nitrogens with one attached hydrogen (secondary N) is 1. The zero-order chi connectivity index (χ0) is 14.7. The Labute approximate surface area is 121 Å². The van der Waals surface area contributed by atoms with Crippen molar-refractivity contribution in [3.63, 3.8) is 0 Å². The highest BCUT2D eigenvalue weighted by molar-refractivity contribution is 5.88. The number of fused-ring (bicyclic) bond motifs is 1. The summed E-state index contributed by atoms with van der Waals surface area (Å²) in [5, 5.41) is 15.0. The molecule has 0 amide bonds. The lowest BCUT2D eigenvalue weighted by Crippen LogP contribution is -2.41. The third-order valence-corrected chi connectivity index (χ3v) is 3.32. The Hall–Kier alpha value is -2.25. The summed E-state index contributed by atoms with van der Waals surface area (Å²) < 4.78 is 11.2. The van der Waals surface area contributed by atoms with Crippen LogP contribution in [0.3, 0.4) is 0 Å². The van der Waals surface area contributed by atoms with Gasteiger partial charge < -0.3 is 14.8 Å². The van der Waals surface area contributed by atoms with E-state index in [4.69, 9.17) is 9.47 Å². The molecular formula is C14H15N3O4. The predicted molar refractivity (Wildman–Crippen MR) is 76.5 cm³/mol. The summed E-state index contributed by atoms with van der Waals surface area (Å²) in [7, 11) is 0. The number of hydrogen-bond acceptors (Lipinski definition) is 6. The van der Waals surface area contributed by atoms with Crippen molar-refractivity contribution < 1.29 is 14.4 Å². The highest BCUT2D eigenvalue weighted by Gasteiger charge is 2.22. The van der Waals surface area contributed by atoms with E-state index in [0.29, 0.717) is 24.1 Å². The molecule has 2 aromatic rings. The Morgan fingerprint density at radius 3 is 3.10 bits per heavy atom. The smallest absolute Gasteiger partial charge is 0.329 e. The summed E-state index contributed by atoms with van der Waals surface area (Å²) in [6.45, 7) is 2.38. The zero-order valence-electron chi connectivity index (χ0n) is 11.3. The molecule has 0 spiro atoms. The SMILES string of the molecule is O=[N+]([O-])c1cnc2ccccc2c1OCC1CNCCO1. The molecule has 1 atom stereocenters. The number of rotatable bonds is 4. The summed E-state index contributed by atoms with van der Waals surface area (Å²) in [5.74, 6) is 0.250. The number of aromatic nitrogens is 1. The largest absolute Gasteiger partial charge is 0.483 e. The third-order valence-electron chi connectivity index (χ3n) is 3.32. The number of nitrogens with zero attached hydrogens (tertiary/aromatic N) is 2. The van der Waals surface area contributed by atoms with Crippen LogP contribution in [0.15, 0.2) is 30.5 Å². The second-order valence-electron chi connectivity index (χ2n) is 4.75. The highest BCUT2D eigenvalue weighted by atomic mass is 16.6. The van der Waals surface area contributed by atoms with Crippen molar-refractivity contribution in [2.75, 3.05) is 26.3 Å². The van der Waals surface area contributed by atoms with E-state index in [0.717, 1.165) is 6.54 Å². The monoisotopic (exact) mass is 289 g/mol. The molecule has 1 aromatic carbocycles. The van der Waals surface area contributed by atoms with Crippen LogP contribution < -0.4 is 10.1 Å². The maximum absolute atomic E-state index is 11.2. The Morgan fingerprint density at radius 2 is 2.33 bits per heavy atom. The number of para-hydroxylation sites is 1. The summed E-state index contributed by atoms with van der Waals surface area (Å²) in [5.41, 5.74) is 0.540. The lowest BCUT2D eigenvalue weighted by atomic mass is 10.2. The van der Waals surface area contributed by atoms with Crippen LogP contribution in [0, 0.1) is 10.1 Å². The Balaban J connectivity index is 1.90. The average Bonchev–Trinajstić information content (AvgIpc) is 2.53. The van der Waals surface area contributed by atoms with E-state index < -0.39 is 4.92 Å². The van der Waals surface area contributed by atoms with Crippen LogP contribution in [0.25, 0.3) is 10.9 Å². The van der Waals surface area contributed by atoms with Gasteiger partial charge in [0.05, 0.1) is 17.0 Å². The first-order valence-corrected chi connectivity index (χ1v) is 6.73. The number of morpholine rings is 1. The van der Waals surface area contributed by atoms with Crippen molar-refractivity contribution in [1.82, 2.24) is 10.3 Å². The maximum Gasteiger partial charge on any atom is 0.329 e. The number of nitro groups is 1. The van der Waals surface area contributed by atoms with Gasteiger partial charge in [-0.3, -0.25) is 10.1 Å². The van der Waals surface area contributed by atoms with Gasteiger partial charge in [-0.25, -0.2) is 4.98 Å². The molecule has 0 aliphatic carbocycles. The average molecular weight is 289 g/mol. The summed E-state index contributed by atoms with van der Waals surface area (Å²) >= 11 is 0. The van der Waals surface area contributed by atoms with Crippen molar-refractivity contribution in [3.05, 3.63) is 40.6 Å². The molecule has 21 heavy (non-hydrogen) atoms. The molecule has 1 saturated heterocycles. The highest BCUT2D eigenvalue weighted by Crippen LogP contribution is 2.33. The van der Waals surface area contributed by atoms with Gasteiger partial charge in [-0.05, 0) is 12.1 Å². The van der Waals surface area contributed by atoms with E-state index in [1.807, 2.05) is 6.07 Å². The molecule has 1 fully saturated rings. The summed E-state index contributed by atoms with van der Waals surface area (Å²) in [6, 6.07) is 7.20. The number of hydrogen-bond donors (Lipinski definition) is 1. The molecule has 1 unspecified atom stereocenters. The Morgan fingerprint density at radius 1 is 1.48 bits per heavy atom. The lowest BCUT2D eigenvalue weighted by molar-refractivity contribution is -0.386. The minimum atomic E-state index is -0.477. The number of pyridine rings is 1. The van der Waals surface area contributed by atoms with Gasteiger partial charge in [0.15, 0.2) is 0 Å². The second-order valence-corrected chi connectivity index (χ2v) is 4.75. The fraction of sp³-hybridized carbons (Fsp3) is 0.357. The molecule has 0 bridgehead atoms. The van der Waals surface area contributed by atoms with Crippen LogP contribution in [0.5, 0.6) is 5.75 Å². The van der Waals surface area contributed by atoms with Crippen LogP contribution in [0.2, 0.25) is 0 Å². The Bertz CT molecular complexity index is 656. The second kappa shape index (κ2) is 6.02. The summed E-state index contributed by atoms with van der Waals surface area (Å²) in [6.07, 6.45) is 1.13. The van der Waals surface area contributed by atoms with Gasteiger partial charge in [0.2, 0.25) is 5.75 Å². The Kier molecular flexibility index (Phi) is 3.94. The van der Waals surface area contributed by atoms with Crippen molar-refractivity contribution >= 4 is 16.6 Å². The molecule has 1 N–H and O–H groups in total. The van der Waals surface area contributed by atoms with Crippen LogP contribution in [-0.2, 0) is 4.74 Å². The van der Waals surface area contributed by atoms with E-state index in [1.165, 1.54) is 6.20 Å². The topological polar surface area (TPSA) is 86.5 Å². The molecular weight excluding hydrogens is 274 g/mol. The fourth-order valence-electron chi connectivity index (χ4n) is 2.29.